The summed E-state index contributed by atoms with van der Waals surface area (Å²) in [4.78, 5) is 24.5. The summed E-state index contributed by atoms with van der Waals surface area (Å²) in [5, 5.41) is -0.589. The van der Waals surface area contributed by atoms with Crippen LogP contribution in [0.4, 0.5) is 0 Å². The Morgan fingerprint density at radius 3 is 1.75 bits per heavy atom. The summed E-state index contributed by atoms with van der Waals surface area (Å²) in [7, 11) is -1.95. The zero-order valence-electron chi connectivity index (χ0n) is 11.4. The van der Waals surface area contributed by atoms with E-state index in [9.17, 15) is 9.59 Å². The molecule has 1 rings (SSSR count). The Balaban J connectivity index is 3.26. The number of hydrogen-bond donors (Lipinski definition) is 0. The lowest BCUT2D eigenvalue weighted by atomic mass is 9.87. The summed E-state index contributed by atoms with van der Waals surface area (Å²) in [6, 6.07) is 0. The highest BCUT2D eigenvalue weighted by atomic mass is 28.3. The molecule has 2 nitrogen and oxygen atoms in total. The fraction of sp³-hybridized carbons (Fsp3) is 0.846. The largest absolute Gasteiger partial charge is 0.299 e. The molecule has 0 saturated heterocycles. The topological polar surface area (TPSA) is 34.1 Å². The van der Waals surface area contributed by atoms with Crippen molar-refractivity contribution >= 4 is 19.6 Å². The second-order valence-corrected chi connectivity index (χ2v) is 12.4. The molecule has 0 aromatic carbocycles. The van der Waals surface area contributed by atoms with Crippen LogP contribution in [0.1, 0.15) is 47.0 Å². The quantitative estimate of drug-likeness (QED) is 0.518. The van der Waals surface area contributed by atoms with Crippen molar-refractivity contribution in [3.8, 4) is 0 Å². The van der Waals surface area contributed by atoms with E-state index in [2.05, 4.69) is 33.9 Å². The molecular formula is C13H24O2Si. The lowest BCUT2D eigenvalue weighted by Crippen LogP contribution is -2.57. The van der Waals surface area contributed by atoms with E-state index < -0.39 is 13.1 Å². The summed E-state index contributed by atoms with van der Waals surface area (Å²) in [6.45, 7) is 12.8. The van der Waals surface area contributed by atoms with Gasteiger partial charge in [-0.2, -0.15) is 0 Å². The summed E-state index contributed by atoms with van der Waals surface area (Å²) in [5.41, 5.74) is 0. The molecule has 0 unspecified atom stereocenters. The van der Waals surface area contributed by atoms with Crippen LogP contribution < -0.4 is 0 Å². The third-order valence-electron chi connectivity index (χ3n) is 5.05. The number of carbonyl (C=O) groups excluding carboxylic acids is 2. The van der Waals surface area contributed by atoms with Gasteiger partial charge in [0.15, 0.2) is 0 Å². The monoisotopic (exact) mass is 240 g/mol. The van der Waals surface area contributed by atoms with E-state index in [-0.39, 0.29) is 16.6 Å². The van der Waals surface area contributed by atoms with Gasteiger partial charge in [-0.25, -0.2) is 0 Å². The lowest BCUT2D eigenvalue weighted by molar-refractivity contribution is -0.134. The van der Waals surface area contributed by atoms with Crippen LogP contribution in [0, 0.1) is 0 Å². The van der Waals surface area contributed by atoms with Crippen LogP contribution in [0.3, 0.4) is 0 Å². The number of rotatable bonds is 1. The van der Waals surface area contributed by atoms with Crippen molar-refractivity contribution in [2.45, 2.75) is 70.1 Å². The van der Waals surface area contributed by atoms with Gasteiger partial charge < -0.3 is 0 Å². The van der Waals surface area contributed by atoms with Gasteiger partial charge in [-0.05, 0) is 18.4 Å². The number of carbonyl (C=O) groups is 2. The van der Waals surface area contributed by atoms with Crippen molar-refractivity contribution in [3.63, 3.8) is 0 Å². The molecule has 0 spiro atoms. The van der Waals surface area contributed by atoms with Crippen molar-refractivity contribution in [3.05, 3.63) is 0 Å². The van der Waals surface area contributed by atoms with Crippen LogP contribution in [-0.2, 0) is 9.59 Å². The predicted molar refractivity (Wildman–Crippen MR) is 69.4 cm³/mol. The Kier molecular flexibility index (Phi) is 3.23. The second kappa shape index (κ2) is 3.79. The molecule has 0 N–H and O–H groups in total. The van der Waals surface area contributed by atoms with Gasteiger partial charge in [0.05, 0.1) is 13.1 Å². The minimum atomic E-state index is -1.95. The van der Waals surface area contributed by atoms with E-state index in [1.54, 1.807) is 0 Å². The fourth-order valence-corrected chi connectivity index (χ4v) is 5.66. The van der Waals surface area contributed by atoms with E-state index in [4.69, 9.17) is 0 Å². The Morgan fingerprint density at radius 2 is 1.44 bits per heavy atom. The van der Waals surface area contributed by atoms with E-state index >= 15 is 0 Å². The van der Waals surface area contributed by atoms with Crippen molar-refractivity contribution < 1.29 is 9.59 Å². The molecule has 1 aliphatic carbocycles. The Labute approximate surface area is 99.8 Å². The van der Waals surface area contributed by atoms with Crippen LogP contribution in [0.2, 0.25) is 23.2 Å². The first kappa shape index (κ1) is 13.6. The molecule has 0 bridgehead atoms. The fourth-order valence-electron chi connectivity index (χ4n) is 2.51. The van der Waals surface area contributed by atoms with Crippen LogP contribution in [0.15, 0.2) is 0 Å². The van der Waals surface area contributed by atoms with Gasteiger partial charge in [0.1, 0.15) is 11.6 Å². The van der Waals surface area contributed by atoms with Crippen molar-refractivity contribution in [1.82, 2.24) is 0 Å². The first-order chi connectivity index (χ1) is 7.05. The standard InChI is InChI=1S/C13H24O2Si/c1-12(2,3)16(5,6)13(4)10(14)8-7-9-11(13)15/h7-9H2,1-6H3. The molecule has 0 heterocycles. The SMILES string of the molecule is CC(C)(C)[Si](C)(C)C1(C)C(=O)CCCC1=O. The molecule has 0 aliphatic heterocycles. The third kappa shape index (κ3) is 1.69. The molecule has 1 aliphatic rings. The number of ketones is 2. The molecule has 0 aromatic heterocycles. The molecule has 0 radical (unpaired) electrons. The highest BCUT2D eigenvalue weighted by molar-refractivity contribution is 6.89. The van der Waals surface area contributed by atoms with E-state index in [1.807, 2.05) is 6.92 Å². The minimum Gasteiger partial charge on any atom is -0.299 e. The minimum absolute atomic E-state index is 0.0738. The van der Waals surface area contributed by atoms with Crippen LogP contribution in [0.5, 0.6) is 0 Å². The summed E-state index contributed by atoms with van der Waals surface area (Å²) in [6.07, 6.45) is 1.94. The summed E-state index contributed by atoms with van der Waals surface area (Å²) < 4.78 is 0. The molecule has 92 valence electrons. The molecule has 16 heavy (non-hydrogen) atoms. The molecular weight excluding hydrogens is 216 g/mol. The van der Waals surface area contributed by atoms with Crippen molar-refractivity contribution in [1.29, 1.82) is 0 Å². The van der Waals surface area contributed by atoms with Crippen LogP contribution in [-0.4, -0.2) is 19.6 Å². The van der Waals surface area contributed by atoms with Gasteiger partial charge in [0, 0.05) is 12.8 Å². The smallest absolute Gasteiger partial charge is 0.143 e. The molecule has 0 amide bonds. The zero-order chi connectivity index (χ0) is 12.8. The average molecular weight is 240 g/mol. The second-order valence-electron chi connectivity index (χ2n) is 6.70. The third-order valence-corrected chi connectivity index (χ3v) is 11.9. The summed E-state index contributed by atoms with van der Waals surface area (Å²) >= 11 is 0. The molecule has 0 aromatic rings. The van der Waals surface area contributed by atoms with E-state index in [0.29, 0.717) is 12.8 Å². The maximum Gasteiger partial charge on any atom is 0.143 e. The maximum atomic E-state index is 12.2. The van der Waals surface area contributed by atoms with Gasteiger partial charge in [-0.3, -0.25) is 9.59 Å². The Hall–Kier alpha value is -0.443. The van der Waals surface area contributed by atoms with Gasteiger partial charge >= 0.3 is 0 Å². The first-order valence-corrected chi connectivity index (χ1v) is 9.12. The highest BCUT2D eigenvalue weighted by Crippen LogP contribution is 2.54. The van der Waals surface area contributed by atoms with Crippen LogP contribution >= 0.6 is 0 Å². The Bertz CT molecular complexity index is 307. The molecule has 1 fully saturated rings. The van der Waals surface area contributed by atoms with Crippen molar-refractivity contribution in [2.24, 2.45) is 0 Å². The molecule has 3 heteroatoms. The predicted octanol–water partition coefficient (Wildman–Crippen LogP) is 3.58. The first-order valence-electron chi connectivity index (χ1n) is 6.12. The molecule has 0 atom stereocenters. The lowest BCUT2D eigenvalue weighted by Gasteiger charge is -2.50. The normalized spacial score (nSPS) is 22.4. The maximum absolute atomic E-state index is 12.2. The van der Waals surface area contributed by atoms with Gasteiger partial charge in [-0.15, -0.1) is 0 Å². The van der Waals surface area contributed by atoms with Gasteiger partial charge in [0.2, 0.25) is 0 Å². The highest BCUT2D eigenvalue weighted by Gasteiger charge is 2.58. The molecule has 1 saturated carbocycles. The van der Waals surface area contributed by atoms with E-state index in [0.717, 1.165) is 6.42 Å². The van der Waals surface area contributed by atoms with E-state index in [1.165, 1.54) is 0 Å². The van der Waals surface area contributed by atoms with Gasteiger partial charge in [0.25, 0.3) is 0 Å². The zero-order valence-corrected chi connectivity index (χ0v) is 12.4. The summed E-state index contributed by atoms with van der Waals surface area (Å²) in [5.74, 6) is 0.380. The van der Waals surface area contributed by atoms with Crippen LogP contribution in [0.25, 0.3) is 0 Å². The Morgan fingerprint density at radius 1 is 1.06 bits per heavy atom. The van der Waals surface area contributed by atoms with Crippen molar-refractivity contribution in [2.75, 3.05) is 0 Å². The van der Waals surface area contributed by atoms with Gasteiger partial charge in [-0.1, -0.05) is 33.9 Å². The average Bonchev–Trinajstić information content (AvgIpc) is 2.11. The number of Topliss-reactive ketones (excluding diaryl/α,β-unsaturated/α-hetero) is 2. The number of hydrogen-bond acceptors (Lipinski definition) is 2.